The second-order valence-electron chi connectivity index (χ2n) is 5.80. The zero-order chi connectivity index (χ0) is 17.1. The topological polar surface area (TPSA) is 45.2 Å². The summed E-state index contributed by atoms with van der Waals surface area (Å²) >= 11 is 1.68. The van der Waals surface area contributed by atoms with Crippen LogP contribution in [0.4, 0.5) is 9.52 Å². The van der Waals surface area contributed by atoms with Crippen LogP contribution in [0.15, 0.2) is 24.3 Å². The number of benzene rings is 1. The van der Waals surface area contributed by atoms with E-state index < -0.39 is 0 Å². The van der Waals surface area contributed by atoms with Crippen LogP contribution >= 0.6 is 11.3 Å². The molecule has 1 aliphatic heterocycles. The third-order valence-corrected chi connectivity index (χ3v) is 5.11. The molecule has 1 amide bonds. The Morgan fingerprint density at radius 2 is 2.12 bits per heavy atom. The molecule has 3 rings (SSSR count). The van der Waals surface area contributed by atoms with Crippen molar-refractivity contribution in [2.45, 2.75) is 26.3 Å². The van der Waals surface area contributed by atoms with Crippen LogP contribution in [0, 0.1) is 31.5 Å². The Balaban J connectivity index is 1.55. The number of nitrogens with one attached hydrogen (secondary N) is 1. The van der Waals surface area contributed by atoms with E-state index in [9.17, 15) is 9.18 Å². The van der Waals surface area contributed by atoms with E-state index in [1.54, 1.807) is 23.5 Å². The minimum absolute atomic E-state index is 0.0736. The van der Waals surface area contributed by atoms with Crippen molar-refractivity contribution in [2.75, 3.05) is 18.0 Å². The van der Waals surface area contributed by atoms with E-state index in [-0.39, 0.29) is 17.8 Å². The summed E-state index contributed by atoms with van der Waals surface area (Å²) in [5.41, 5.74) is 1.68. The van der Waals surface area contributed by atoms with Crippen LogP contribution < -0.4 is 10.2 Å². The molecule has 2 aromatic rings. The molecule has 1 atom stereocenters. The van der Waals surface area contributed by atoms with Crippen molar-refractivity contribution >= 4 is 22.4 Å². The van der Waals surface area contributed by atoms with E-state index in [4.69, 9.17) is 0 Å². The molecular weight excluding hydrogens is 325 g/mol. The number of aromatic nitrogens is 1. The number of aryl methyl sites for hydroxylation is 2. The second kappa shape index (κ2) is 7.02. The Kier molecular flexibility index (Phi) is 4.81. The Hall–Kier alpha value is -2.39. The third kappa shape index (κ3) is 3.92. The number of hydrogen-bond donors (Lipinski definition) is 1. The lowest BCUT2D eigenvalue weighted by Crippen LogP contribution is -2.36. The van der Waals surface area contributed by atoms with E-state index in [1.807, 2.05) is 6.92 Å². The van der Waals surface area contributed by atoms with Crippen molar-refractivity contribution in [3.05, 3.63) is 46.2 Å². The number of carbonyl (C=O) groups is 1. The zero-order valence-electron chi connectivity index (χ0n) is 13.6. The molecular formula is C18H18FN3OS. The van der Waals surface area contributed by atoms with Gasteiger partial charge in [0.25, 0.3) is 5.91 Å². The molecule has 1 saturated heterocycles. The Morgan fingerprint density at radius 3 is 2.79 bits per heavy atom. The first-order chi connectivity index (χ1) is 11.5. The van der Waals surface area contributed by atoms with Gasteiger partial charge in [0, 0.05) is 35.5 Å². The molecule has 2 heterocycles. The minimum atomic E-state index is -0.316. The first-order valence-electron chi connectivity index (χ1n) is 7.78. The predicted molar refractivity (Wildman–Crippen MR) is 93.6 cm³/mol. The highest BCUT2D eigenvalue weighted by Crippen LogP contribution is 2.27. The van der Waals surface area contributed by atoms with E-state index in [1.165, 1.54) is 17.0 Å². The highest BCUT2D eigenvalue weighted by molar-refractivity contribution is 7.15. The van der Waals surface area contributed by atoms with Crippen LogP contribution in [0.5, 0.6) is 0 Å². The zero-order valence-corrected chi connectivity index (χ0v) is 14.4. The van der Waals surface area contributed by atoms with Crippen LogP contribution in [0.1, 0.15) is 22.6 Å². The number of nitrogens with zero attached hydrogens (tertiary/aromatic N) is 2. The van der Waals surface area contributed by atoms with Gasteiger partial charge in [0.2, 0.25) is 0 Å². The second-order valence-corrected chi connectivity index (χ2v) is 6.98. The van der Waals surface area contributed by atoms with Gasteiger partial charge in [-0.2, -0.15) is 0 Å². The summed E-state index contributed by atoms with van der Waals surface area (Å²) in [6.45, 7) is 5.70. The molecule has 0 spiro atoms. The van der Waals surface area contributed by atoms with Crippen LogP contribution in [0.2, 0.25) is 0 Å². The highest BCUT2D eigenvalue weighted by atomic mass is 32.1. The molecule has 1 N–H and O–H groups in total. The molecule has 0 saturated carbocycles. The molecule has 1 unspecified atom stereocenters. The highest BCUT2D eigenvalue weighted by Gasteiger charge is 2.25. The van der Waals surface area contributed by atoms with E-state index in [0.29, 0.717) is 5.56 Å². The van der Waals surface area contributed by atoms with Gasteiger partial charge in [-0.25, -0.2) is 9.37 Å². The van der Waals surface area contributed by atoms with Crippen LogP contribution in [0.25, 0.3) is 0 Å². The molecule has 1 aliphatic rings. The molecule has 124 valence electrons. The van der Waals surface area contributed by atoms with Gasteiger partial charge in [-0.15, -0.1) is 11.3 Å². The smallest absolute Gasteiger partial charge is 0.296 e. The standard InChI is InChI=1S/C18H18FN3OS/c1-12-13(2)24-18(20-12)22-10-9-16(11-22)21-17(23)8-5-14-3-6-15(19)7-4-14/h3-4,6-7,16H,9-11H2,1-2H3,(H,21,23). The molecule has 24 heavy (non-hydrogen) atoms. The maximum absolute atomic E-state index is 12.8. The number of halogens is 1. The maximum atomic E-state index is 12.8. The maximum Gasteiger partial charge on any atom is 0.296 e. The Bertz CT molecular complexity index is 784. The van der Waals surface area contributed by atoms with Gasteiger partial charge in [0.15, 0.2) is 5.13 Å². The lowest BCUT2D eigenvalue weighted by Gasteiger charge is -2.14. The molecule has 0 bridgehead atoms. The first-order valence-corrected chi connectivity index (χ1v) is 8.60. The Morgan fingerprint density at radius 1 is 1.38 bits per heavy atom. The van der Waals surface area contributed by atoms with Crippen molar-refractivity contribution in [1.82, 2.24) is 10.3 Å². The van der Waals surface area contributed by atoms with Crippen molar-refractivity contribution in [3.8, 4) is 11.8 Å². The molecule has 1 aromatic heterocycles. The largest absolute Gasteiger partial charge is 0.346 e. The normalized spacial score (nSPS) is 16.6. The van der Waals surface area contributed by atoms with E-state index >= 15 is 0 Å². The summed E-state index contributed by atoms with van der Waals surface area (Å²) < 4.78 is 12.8. The molecule has 1 fully saturated rings. The number of thiazole rings is 1. The van der Waals surface area contributed by atoms with Gasteiger partial charge in [-0.3, -0.25) is 4.79 Å². The molecule has 0 aliphatic carbocycles. The summed E-state index contributed by atoms with van der Waals surface area (Å²) in [7, 11) is 0. The third-order valence-electron chi connectivity index (χ3n) is 3.98. The van der Waals surface area contributed by atoms with Crippen LogP contribution in [-0.2, 0) is 4.79 Å². The van der Waals surface area contributed by atoms with Crippen molar-refractivity contribution < 1.29 is 9.18 Å². The Labute approximate surface area is 144 Å². The van der Waals surface area contributed by atoms with Gasteiger partial charge >= 0.3 is 0 Å². The lowest BCUT2D eigenvalue weighted by atomic mass is 10.2. The van der Waals surface area contributed by atoms with Crippen molar-refractivity contribution in [2.24, 2.45) is 0 Å². The fourth-order valence-corrected chi connectivity index (χ4v) is 3.47. The summed E-state index contributed by atoms with van der Waals surface area (Å²) in [4.78, 5) is 19.9. The van der Waals surface area contributed by atoms with Gasteiger partial charge in [-0.05, 0) is 44.5 Å². The summed E-state index contributed by atoms with van der Waals surface area (Å²) in [6, 6.07) is 5.84. The number of anilines is 1. The summed E-state index contributed by atoms with van der Waals surface area (Å²) in [5.74, 6) is 4.68. The number of amides is 1. The lowest BCUT2D eigenvalue weighted by molar-refractivity contribution is -0.116. The molecule has 1 aromatic carbocycles. The molecule has 6 heteroatoms. The predicted octanol–water partition coefficient (Wildman–Crippen LogP) is 2.65. The van der Waals surface area contributed by atoms with Crippen LogP contribution in [0.3, 0.4) is 0 Å². The van der Waals surface area contributed by atoms with E-state index in [2.05, 4.69) is 34.0 Å². The summed E-state index contributed by atoms with van der Waals surface area (Å²) in [6.07, 6.45) is 0.877. The van der Waals surface area contributed by atoms with Gasteiger partial charge in [-0.1, -0.05) is 5.92 Å². The average molecular weight is 343 g/mol. The summed E-state index contributed by atoms with van der Waals surface area (Å²) in [5, 5.41) is 3.94. The fraction of sp³-hybridized carbons (Fsp3) is 0.333. The average Bonchev–Trinajstić information content (AvgIpc) is 3.14. The van der Waals surface area contributed by atoms with Gasteiger partial charge in [0.1, 0.15) is 5.82 Å². The quantitative estimate of drug-likeness (QED) is 0.853. The van der Waals surface area contributed by atoms with Crippen molar-refractivity contribution in [3.63, 3.8) is 0 Å². The van der Waals surface area contributed by atoms with E-state index in [0.717, 1.165) is 30.3 Å². The number of rotatable bonds is 2. The fourth-order valence-electron chi connectivity index (χ4n) is 2.53. The van der Waals surface area contributed by atoms with Crippen LogP contribution in [-0.4, -0.2) is 30.0 Å². The SMILES string of the molecule is Cc1nc(N2CCC(NC(=O)C#Cc3ccc(F)cc3)C2)sc1C. The van der Waals surface area contributed by atoms with Gasteiger partial charge in [0.05, 0.1) is 5.69 Å². The molecule has 0 radical (unpaired) electrons. The minimum Gasteiger partial charge on any atom is -0.346 e. The van der Waals surface area contributed by atoms with Gasteiger partial charge < -0.3 is 10.2 Å². The monoisotopic (exact) mass is 343 g/mol. The number of carbonyl (C=O) groups excluding carboxylic acids is 1. The van der Waals surface area contributed by atoms with Crippen molar-refractivity contribution in [1.29, 1.82) is 0 Å². The molecule has 4 nitrogen and oxygen atoms in total. The number of hydrogen-bond acceptors (Lipinski definition) is 4. The first kappa shape index (κ1) is 16.5.